The molecular formula is C10H5Br2F3N4. The van der Waals surface area contributed by atoms with Gasteiger partial charge >= 0.3 is 6.18 Å². The zero-order valence-corrected chi connectivity index (χ0v) is 12.2. The molecule has 0 spiro atoms. The molecule has 100 valence electrons. The Morgan fingerprint density at radius 3 is 2.37 bits per heavy atom. The fourth-order valence-electron chi connectivity index (χ4n) is 1.44. The van der Waals surface area contributed by atoms with Gasteiger partial charge in [-0.2, -0.15) is 13.2 Å². The molecule has 0 bridgehead atoms. The average molecular weight is 398 g/mol. The van der Waals surface area contributed by atoms with Crippen molar-refractivity contribution in [2.45, 2.75) is 6.18 Å². The lowest BCUT2D eigenvalue weighted by Gasteiger charge is -2.12. The van der Waals surface area contributed by atoms with Crippen LogP contribution in [0.5, 0.6) is 0 Å². The second-order valence-corrected chi connectivity index (χ2v) is 5.02. The van der Waals surface area contributed by atoms with Crippen LogP contribution in [0.3, 0.4) is 0 Å². The summed E-state index contributed by atoms with van der Waals surface area (Å²) in [5.74, 6) is -0.205. The predicted octanol–water partition coefficient (Wildman–Crippen LogP) is 3.66. The highest BCUT2D eigenvalue weighted by molar-refractivity contribution is 9.11. The van der Waals surface area contributed by atoms with E-state index >= 15 is 0 Å². The standard InChI is InChI=1S/C10H5Br2F3N4/c11-7-2-6(18-9(12)19-7)4-3-17-8(16)1-5(4)10(13,14)15/h1-3H,(H2,16,17). The minimum Gasteiger partial charge on any atom is -0.384 e. The van der Waals surface area contributed by atoms with E-state index in [-0.39, 0.29) is 21.8 Å². The van der Waals surface area contributed by atoms with Crippen molar-refractivity contribution in [3.63, 3.8) is 0 Å². The van der Waals surface area contributed by atoms with E-state index in [0.717, 1.165) is 12.3 Å². The molecule has 0 fully saturated rings. The van der Waals surface area contributed by atoms with Gasteiger partial charge in [-0.25, -0.2) is 15.0 Å². The van der Waals surface area contributed by atoms with E-state index in [2.05, 4.69) is 46.8 Å². The van der Waals surface area contributed by atoms with Gasteiger partial charge in [0.25, 0.3) is 0 Å². The summed E-state index contributed by atoms with van der Waals surface area (Å²) in [6.45, 7) is 0. The van der Waals surface area contributed by atoms with Crippen LogP contribution in [0.1, 0.15) is 5.56 Å². The molecule has 0 aliphatic heterocycles. The Hall–Kier alpha value is -1.22. The number of alkyl halides is 3. The Balaban J connectivity index is 2.68. The maximum absolute atomic E-state index is 13.0. The second kappa shape index (κ2) is 5.04. The van der Waals surface area contributed by atoms with Crippen molar-refractivity contribution in [1.29, 1.82) is 0 Å². The third-order valence-electron chi connectivity index (χ3n) is 2.17. The average Bonchev–Trinajstić information content (AvgIpc) is 2.26. The molecule has 2 N–H and O–H groups in total. The van der Waals surface area contributed by atoms with Gasteiger partial charge in [0.1, 0.15) is 10.4 Å². The number of pyridine rings is 1. The molecule has 2 aromatic heterocycles. The number of nitrogens with zero attached hydrogens (tertiary/aromatic N) is 3. The smallest absolute Gasteiger partial charge is 0.384 e. The number of anilines is 1. The topological polar surface area (TPSA) is 64.7 Å². The zero-order chi connectivity index (χ0) is 14.2. The summed E-state index contributed by atoms with van der Waals surface area (Å²) in [7, 11) is 0. The van der Waals surface area contributed by atoms with Crippen LogP contribution in [0.4, 0.5) is 19.0 Å². The molecule has 0 atom stereocenters. The molecule has 0 unspecified atom stereocenters. The van der Waals surface area contributed by atoms with Gasteiger partial charge in [-0.05, 0) is 44.0 Å². The summed E-state index contributed by atoms with van der Waals surface area (Å²) in [5.41, 5.74) is 4.34. The Morgan fingerprint density at radius 1 is 1.11 bits per heavy atom. The zero-order valence-electron chi connectivity index (χ0n) is 9.04. The number of halogens is 5. The molecule has 0 aliphatic rings. The van der Waals surface area contributed by atoms with Crippen molar-refractivity contribution >= 4 is 37.7 Å². The predicted molar refractivity (Wildman–Crippen MR) is 70.1 cm³/mol. The normalized spacial score (nSPS) is 11.6. The number of nitrogens with two attached hydrogens (primary N) is 1. The van der Waals surface area contributed by atoms with Crippen molar-refractivity contribution in [3.05, 3.63) is 33.2 Å². The Bertz CT molecular complexity index is 610. The summed E-state index contributed by atoms with van der Waals surface area (Å²) in [6, 6.07) is 2.15. The minimum atomic E-state index is -4.55. The number of hydrogen-bond donors (Lipinski definition) is 1. The molecule has 0 aromatic carbocycles. The van der Waals surface area contributed by atoms with Crippen LogP contribution >= 0.6 is 31.9 Å². The number of rotatable bonds is 1. The van der Waals surface area contributed by atoms with Crippen LogP contribution in [-0.4, -0.2) is 15.0 Å². The molecule has 2 heterocycles. The van der Waals surface area contributed by atoms with Gasteiger partial charge in [-0.15, -0.1) is 0 Å². The van der Waals surface area contributed by atoms with Crippen LogP contribution in [-0.2, 0) is 6.18 Å². The first-order valence-electron chi connectivity index (χ1n) is 4.80. The Morgan fingerprint density at radius 2 is 1.79 bits per heavy atom. The van der Waals surface area contributed by atoms with E-state index in [1.54, 1.807) is 0 Å². The van der Waals surface area contributed by atoms with Crippen molar-refractivity contribution in [2.24, 2.45) is 0 Å². The maximum atomic E-state index is 13.0. The van der Waals surface area contributed by atoms with Crippen LogP contribution < -0.4 is 5.73 Å². The Kier molecular flexibility index (Phi) is 3.77. The van der Waals surface area contributed by atoms with Crippen molar-refractivity contribution in [2.75, 3.05) is 5.73 Å². The van der Waals surface area contributed by atoms with Crippen molar-refractivity contribution < 1.29 is 13.2 Å². The maximum Gasteiger partial charge on any atom is 0.417 e. The van der Waals surface area contributed by atoms with Gasteiger partial charge in [0.2, 0.25) is 0 Å². The monoisotopic (exact) mass is 396 g/mol. The SMILES string of the molecule is Nc1cc(C(F)(F)F)c(-c2cc(Br)nc(Br)n2)cn1. The van der Waals surface area contributed by atoms with E-state index in [1.165, 1.54) is 6.07 Å². The van der Waals surface area contributed by atoms with Crippen LogP contribution in [0, 0.1) is 0 Å². The highest BCUT2D eigenvalue weighted by atomic mass is 79.9. The number of nitrogen functional groups attached to an aromatic ring is 1. The molecule has 9 heteroatoms. The van der Waals surface area contributed by atoms with Crippen molar-refractivity contribution in [1.82, 2.24) is 15.0 Å². The van der Waals surface area contributed by atoms with Crippen LogP contribution in [0.25, 0.3) is 11.3 Å². The number of hydrogen-bond acceptors (Lipinski definition) is 4. The van der Waals surface area contributed by atoms with Gasteiger partial charge < -0.3 is 5.73 Å². The largest absolute Gasteiger partial charge is 0.417 e. The molecular weight excluding hydrogens is 393 g/mol. The molecule has 0 saturated heterocycles. The summed E-state index contributed by atoms with van der Waals surface area (Å²) in [6.07, 6.45) is -3.50. The fraction of sp³-hybridized carbons (Fsp3) is 0.100. The second-order valence-electron chi connectivity index (χ2n) is 3.50. The van der Waals surface area contributed by atoms with Gasteiger partial charge in [-0.3, -0.25) is 0 Å². The van der Waals surface area contributed by atoms with Crippen LogP contribution in [0.15, 0.2) is 27.7 Å². The van der Waals surface area contributed by atoms with E-state index in [0.29, 0.717) is 4.60 Å². The highest BCUT2D eigenvalue weighted by Gasteiger charge is 2.34. The minimum absolute atomic E-state index is 0.0913. The molecule has 0 saturated carbocycles. The first-order chi connectivity index (χ1) is 8.77. The molecule has 4 nitrogen and oxygen atoms in total. The summed E-state index contributed by atoms with van der Waals surface area (Å²) in [5, 5.41) is 0. The summed E-state index contributed by atoms with van der Waals surface area (Å²) >= 11 is 6.11. The molecule has 0 aliphatic carbocycles. The first-order valence-corrected chi connectivity index (χ1v) is 6.39. The molecule has 19 heavy (non-hydrogen) atoms. The highest BCUT2D eigenvalue weighted by Crippen LogP contribution is 2.37. The Labute approximate surface area is 122 Å². The molecule has 0 radical (unpaired) electrons. The lowest BCUT2D eigenvalue weighted by molar-refractivity contribution is -0.137. The first kappa shape index (κ1) is 14.2. The van der Waals surface area contributed by atoms with Crippen molar-refractivity contribution in [3.8, 4) is 11.3 Å². The third-order valence-corrected chi connectivity index (χ3v) is 2.93. The van der Waals surface area contributed by atoms with E-state index in [9.17, 15) is 13.2 Å². The number of aromatic nitrogens is 3. The lowest BCUT2D eigenvalue weighted by atomic mass is 10.1. The van der Waals surface area contributed by atoms with E-state index < -0.39 is 11.7 Å². The summed E-state index contributed by atoms with van der Waals surface area (Å²) in [4.78, 5) is 11.4. The van der Waals surface area contributed by atoms with E-state index in [1.807, 2.05) is 0 Å². The molecule has 2 aromatic rings. The summed E-state index contributed by atoms with van der Waals surface area (Å²) < 4.78 is 39.4. The third kappa shape index (κ3) is 3.21. The fourth-order valence-corrected chi connectivity index (χ4v) is 2.44. The van der Waals surface area contributed by atoms with Gasteiger partial charge in [-0.1, -0.05) is 0 Å². The van der Waals surface area contributed by atoms with Gasteiger partial charge in [0.05, 0.1) is 11.3 Å². The molecule has 2 rings (SSSR count). The lowest BCUT2D eigenvalue weighted by Crippen LogP contribution is -2.09. The van der Waals surface area contributed by atoms with Gasteiger partial charge in [0, 0.05) is 11.8 Å². The molecule has 0 amide bonds. The van der Waals surface area contributed by atoms with Gasteiger partial charge in [0.15, 0.2) is 4.73 Å². The quantitative estimate of drug-likeness (QED) is 0.589. The van der Waals surface area contributed by atoms with Crippen LogP contribution in [0.2, 0.25) is 0 Å². The van der Waals surface area contributed by atoms with E-state index in [4.69, 9.17) is 5.73 Å².